The molecule has 1 N–H and O–H groups in total. The first kappa shape index (κ1) is 23.4. The van der Waals surface area contributed by atoms with E-state index in [1.807, 2.05) is 19.2 Å². The summed E-state index contributed by atoms with van der Waals surface area (Å²) in [7, 11) is 5.56. The van der Waals surface area contributed by atoms with Gasteiger partial charge in [-0.2, -0.15) is 0 Å². The van der Waals surface area contributed by atoms with Gasteiger partial charge in [-0.25, -0.2) is 0 Å². The van der Waals surface area contributed by atoms with E-state index in [9.17, 15) is 0 Å². The average Bonchev–Trinajstić information content (AvgIpc) is 2.94. The number of rotatable bonds is 7. The van der Waals surface area contributed by atoms with Crippen molar-refractivity contribution in [1.29, 1.82) is 0 Å². The number of nitrogens with one attached hydrogen (secondary N) is 1. The lowest BCUT2D eigenvalue weighted by Gasteiger charge is -2.22. The smallest absolute Gasteiger partial charge is 0.193 e. The second-order valence-electron chi connectivity index (χ2n) is 7.28. The number of nitrogens with zero attached hydrogens (tertiary/aromatic N) is 5. The number of aryl methyl sites for hydroxylation is 2. The van der Waals surface area contributed by atoms with Crippen molar-refractivity contribution in [3.8, 4) is 5.75 Å². The van der Waals surface area contributed by atoms with Crippen molar-refractivity contribution in [2.45, 2.75) is 51.6 Å². The fraction of sp³-hybridized carbons (Fsp3) is 0.571. The number of fused-ring (bicyclic) bond motifs is 1. The van der Waals surface area contributed by atoms with Crippen LogP contribution in [-0.4, -0.2) is 53.4 Å². The molecule has 7 nitrogen and oxygen atoms in total. The maximum absolute atomic E-state index is 5.22. The van der Waals surface area contributed by atoms with E-state index in [1.54, 1.807) is 7.11 Å². The van der Waals surface area contributed by atoms with Gasteiger partial charge in [0, 0.05) is 46.6 Å². The van der Waals surface area contributed by atoms with E-state index in [4.69, 9.17) is 4.74 Å². The number of methoxy groups -OCH3 is 1. The van der Waals surface area contributed by atoms with Crippen molar-refractivity contribution in [2.24, 2.45) is 4.99 Å². The summed E-state index contributed by atoms with van der Waals surface area (Å²) in [5.74, 6) is 4.06. The SMILES string of the molecule is CN=C(NCCCc1nnc2n1CCCCC2)N(C)Cc1ccc(OC)cc1.I. The zero-order valence-electron chi connectivity index (χ0n) is 17.7. The van der Waals surface area contributed by atoms with Crippen LogP contribution in [0.15, 0.2) is 29.3 Å². The zero-order valence-corrected chi connectivity index (χ0v) is 20.1. The Morgan fingerprint density at radius 2 is 2.00 bits per heavy atom. The third-order valence-corrected chi connectivity index (χ3v) is 5.20. The molecule has 0 bridgehead atoms. The molecule has 1 aliphatic rings. The Hall–Kier alpha value is -1.84. The molecule has 1 aliphatic heterocycles. The molecule has 1 aromatic carbocycles. The summed E-state index contributed by atoms with van der Waals surface area (Å²) in [5.41, 5.74) is 1.22. The fourth-order valence-electron chi connectivity index (χ4n) is 3.64. The number of aromatic nitrogens is 3. The van der Waals surface area contributed by atoms with Crippen LogP contribution in [-0.2, 0) is 25.9 Å². The Labute approximate surface area is 191 Å². The first-order valence-corrected chi connectivity index (χ1v) is 10.2. The van der Waals surface area contributed by atoms with Crippen molar-refractivity contribution in [1.82, 2.24) is 25.0 Å². The van der Waals surface area contributed by atoms with Crippen LogP contribution in [0.3, 0.4) is 0 Å². The molecule has 2 aromatic rings. The van der Waals surface area contributed by atoms with Crippen LogP contribution < -0.4 is 10.1 Å². The standard InChI is InChI=1S/C21H32N6O.HI/c1-22-21(26(2)16-17-10-12-18(28-3)13-11-17)23-14-7-9-20-25-24-19-8-5-4-6-15-27(19)20;/h10-13H,4-9,14-16H2,1-3H3,(H,22,23);1H. The minimum Gasteiger partial charge on any atom is -0.497 e. The third-order valence-electron chi connectivity index (χ3n) is 5.20. The number of ether oxygens (including phenoxy) is 1. The summed E-state index contributed by atoms with van der Waals surface area (Å²) < 4.78 is 7.55. The molecule has 160 valence electrons. The van der Waals surface area contributed by atoms with Gasteiger partial charge in [-0.1, -0.05) is 18.6 Å². The van der Waals surface area contributed by atoms with E-state index >= 15 is 0 Å². The summed E-state index contributed by atoms with van der Waals surface area (Å²) in [6.07, 6.45) is 6.78. The fourth-order valence-corrected chi connectivity index (χ4v) is 3.64. The Morgan fingerprint density at radius 3 is 2.72 bits per heavy atom. The number of halogens is 1. The van der Waals surface area contributed by atoms with Crippen LogP contribution in [0.1, 0.15) is 42.9 Å². The van der Waals surface area contributed by atoms with Crippen molar-refractivity contribution >= 4 is 29.9 Å². The minimum atomic E-state index is 0. The maximum Gasteiger partial charge on any atom is 0.193 e. The van der Waals surface area contributed by atoms with Crippen LogP contribution in [0.5, 0.6) is 5.75 Å². The second kappa shape index (κ2) is 12.0. The van der Waals surface area contributed by atoms with Crippen LogP contribution in [0.2, 0.25) is 0 Å². The van der Waals surface area contributed by atoms with E-state index in [0.29, 0.717) is 0 Å². The Morgan fingerprint density at radius 1 is 1.21 bits per heavy atom. The van der Waals surface area contributed by atoms with Crippen molar-refractivity contribution in [2.75, 3.05) is 27.7 Å². The molecule has 0 saturated carbocycles. The maximum atomic E-state index is 5.22. The lowest BCUT2D eigenvalue weighted by atomic mass is 10.2. The summed E-state index contributed by atoms with van der Waals surface area (Å²) in [6, 6.07) is 8.14. The largest absolute Gasteiger partial charge is 0.497 e. The van der Waals surface area contributed by atoms with Gasteiger partial charge in [-0.3, -0.25) is 4.99 Å². The molecule has 0 amide bonds. The quantitative estimate of drug-likeness (QED) is 0.267. The van der Waals surface area contributed by atoms with Gasteiger partial charge in [0.15, 0.2) is 5.96 Å². The summed E-state index contributed by atoms with van der Waals surface area (Å²) >= 11 is 0. The highest BCUT2D eigenvalue weighted by atomic mass is 127. The van der Waals surface area contributed by atoms with Crippen molar-refractivity contribution < 1.29 is 4.74 Å². The molecule has 0 saturated heterocycles. The Bertz CT molecular complexity index is 774. The Balaban J connectivity index is 0.00000300. The molecule has 0 fully saturated rings. The monoisotopic (exact) mass is 512 g/mol. The van der Waals surface area contributed by atoms with Gasteiger partial charge < -0.3 is 19.5 Å². The molecule has 0 spiro atoms. The van der Waals surface area contributed by atoms with Gasteiger partial charge in [0.25, 0.3) is 0 Å². The predicted octanol–water partition coefficient (Wildman–Crippen LogP) is 3.27. The molecule has 29 heavy (non-hydrogen) atoms. The molecule has 0 atom stereocenters. The normalized spacial score (nSPS) is 13.8. The number of hydrogen-bond donors (Lipinski definition) is 1. The van der Waals surface area contributed by atoms with Crippen LogP contribution in [0, 0.1) is 0 Å². The minimum absolute atomic E-state index is 0. The molecular formula is C21H33IN6O. The third kappa shape index (κ3) is 6.58. The van der Waals surface area contributed by atoms with Gasteiger partial charge in [-0.15, -0.1) is 34.2 Å². The molecule has 0 aliphatic carbocycles. The number of hydrogen-bond acceptors (Lipinski definition) is 4. The lowest BCUT2D eigenvalue weighted by molar-refractivity contribution is 0.414. The van der Waals surface area contributed by atoms with Crippen LogP contribution in [0.25, 0.3) is 0 Å². The van der Waals surface area contributed by atoms with E-state index in [0.717, 1.165) is 62.3 Å². The zero-order chi connectivity index (χ0) is 19.8. The van der Waals surface area contributed by atoms with Crippen molar-refractivity contribution in [3.05, 3.63) is 41.5 Å². The first-order valence-electron chi connectivity index (χ1n) is 10.2. The molecule has 2 heterocycles. The summed E-state index contributed by atoms with van der Waals surface area (Å²) in [6.45, 7) is 2.72. The summed E-state index contributed by atoms with van der Waals surface area (Å²) in [5, 5.41) is 12.3. The molecular weight excluding hydrogens is 479 g/mol. The van der Waals surface area contributed by atoms with Gasteiger partial charge in [0.2, 0.25) is 0 Å². The van der Waals surface area contributed by atoms with Gasteiger partial charge in [-0.05, 0) is 37.0 Å². The topological polar surface area (TPSA) is 67.6 Å². The van der Waals surface area contributed by atoms with E-state index in [-0.39, 0.29) is 24.0 Å². The van der Waals surface area contributed by atoms with Crippen LogP contribution >= 0.6 is 24.0 Å². The lowest BCUT2D eigenvalue weighted by Crippen LogP contribution is -2.39. The first-order chi connectivity index (χ1) is 13.7. The highest BCUT2D eigenvalue weighted by Crippen LogP contribution is 2.15. The van der Waals surface area contributed by atoms with Crippen LogP contribution in [0.4, 0.5) is 0 Å². The summed E-state index contributed by atoms with van der Waals surface area (Å²) in [4.78, 5) is 6.54. The average molecular weight is 512 g/mol. The highest BCUT2D eigenvalue weighted by Gasteiger charge is 2.14. The van der Waals surface area contributed by atoms with Crippen molar-refractivity contribution in [3.63, 3.8) is 0 Å². The van der Waals surface area contributed by atoms with E-state index < -0.39 is 0 Å². The molecule has 1 aromatic heterocycles. The molecule has 3 rings (SSSR count). The second-order valence-corrected chi connectivity index (χ2v) is 7.28. The van der Waals surface area contributed by atoms with Gasteiger partial charge in [0.1, 0.15) is 17.4 Å². The molecule has 0 radical (unpaired) electrons. The molecule has 0 unspecified atom stereocenters. The predicted molar refractivity (Wildman–Crippen MR) is 127 cm³/mol. The number of aliphatic imine (C=N–C) groups is 1. The number of guanidine groups is 1. The Kier molecular flexibility index (Phi) is 9.69. The van der Waals surface area contributed by atoms with E-state index in [2.05, 4.69) is 49.2 Å². The van der Waals surface area contributed by atoms with E-state index in [1.165, 1.54) is 24.8 Å². The highest BCUT2D eigenvalue weighted by molar-refractivity contribution is 14.0. The van der Waals surface area contributed by atoms with Gasteiger partial charge in [0.05, 0.1) is 7.11 Å². The molecule has 8 heteroatoms. The van der Waals surface area contributed by atoms with Gasteiger partial charge >= 0.3 is 0 Å². The number of benzene rings is 1.